The van der Waals surface area contributed by atoms with E-state index in [9.17, 15) is 0 Å². The van der Waals surface area contributed by atoms with Gasteiger partial charge in [-0.2, -0.15) is 0 Å². The van der Waals surface area contributed by atoms with Gasteiger partial charge in [0.15, 0.2) is 0 Å². The zero-order valence-electron chi connectivity index (χ0n) is 15.8. The molecular weight excluding hydrogens is 314 g/mol. The zero-order valence-corrected chi connectivity index (χ0v) is 15.8. The second-order valence-electron chi connectivity index (χ2n) is 6.84. The minimum Gasteiger partial charge on any atom is -0.308 e. The van der Waals surface area contributed by atoms with Crippen LogP contribution < -0.4 is 0 Å². The molecule has 0 unspecified atom stereocenters. The first-order valence-corrected chi connectivity index (χ1v) is 9.48. The molecular formula is C25H27N. The van der Waals surface area contributed by atoms with Gasteiger partial charge in [0, 0.05) is 6.21 Å². The molecule has 0 aliphatic heterocycles. The van der Waals surface area contributed by atoms with Crippen molar-refractivity contribution in [2.24, 2.45) is 0 Å². The predicted molar refractivity (Wildman–Crippen MR) is 114 cm³/mol. The molecule has 0 heterocycles. The maximum absolute atomic E-state index is 7.76. The van der Waals surface area contributed by atoms with Crippen LogP contribution in [0, 0.1) is 12.3 Å². The molecule has 0 saturated carbocycles. The van der Waals surface area contributed by atoms with Crippen LogP contribution in [0.1, 0.15) is 48.4 Å². The summed E-state index contributed by atoms with van der Waals surface area (Å²) < 4.78 is 0. The first kappa shape index (κ1) is 18.1. The third-order valence-corrected chi connectivity index (χ3v) is 5.12. The van der Waals surface area contributed by atoms with E-state index in [1.54, 1.807) is 5.57 Å². The van der Waals surface area contributed by atoms with Gasteiger partial charge in [-0.25, -0.2) is 0 Å². The molecule has 132 valence electrons. The summed E-state index contributed by atoms with van der Waals surface area (Å²) in [6.45, 7) is 4.48. The van der Waals surface area contributed by atoms with Crippen LogP contribution in [0.4, 0.5) is 0 Å². The zero-order chi connectivity index (χ0) is 18.4. The minimum atomic E-state index is 0.847. The van der Waals surface area contributed by atoms with Crippen LogP contribution in [0.15, 0.2) is 72.3 Å². The van der Waals surface area contributed by atoms with Crippen molar-refractivity contribution >= 4 is 17.4 Å². The fraction of sp³-hybridized carbons (Fsp3) is 0.240. The maximum atomic E-state index is 7.76. The monoisotopic (exact) mass is 341 g/mol. The largest absolute Gasteiger partial charge is 0.308 e. The molecule has 0 atom stereocenters. The van der Waals surface area contributed by atoms with E-state index >= 15 is 0 Å². The van der Waals surface area contributed by atoms with Crippen LogP contribution in [-0.2, 0) is 6.42 Å². The summed E-state index contributed by atoms with van der Waals surface area (Å²) in [7, 11) is 0. The fourth-order valence-corrected chi connectivity index (χ4v) is 3.67. The Hall–Kier alpha value is -2.67. The van der Waals surface area contributed by atoms with Gasteiger partial charge in [0.05, 0.1) is 0 Å². The number of allylic oxidation sites excluding steroid dienone is 6. The van der Waals surface area contributed by atoms with Gasteiger partial charge in [0.2, 0.25) is 0 Å². The first-order chi connectivity index (χ1) is 12.7. The Balaban J connectivity index is 1.91. The molecule has 2 aromatic carbocycles. The van der Waals surface area contributed by atoms with Gasteiger partial charge in [0.1, 0.15) is 0 Å². The molecule has 26 heavy (non-hydrogen) atoms. The molecule has 1 heteroatoms. The van der Waals surface area contributed by atoms with Gasteiger partial charge in [0.25, 0.3) is 0 Å². The standard InChI is InChI=1S/C25H27N/c1-3-9-22-13-8-15-25(22)24-14-7-12-20(19(24)2)16-17-23(18-26)21-10-5-4-6-11-21/h4-8,10-12,14-15,17-18,26H,3,9,13,16H2,1-2H3/b23-17+,26-18?. The van der Waals surface area contributed by atoms with Gasteiger partial charge in [-0.3, -0.25) is 0 Å². The molecule has 0 spiro atoms. The molecule has 1 N–H and O–H groups in total. The van der Waals surface area contributed by atoms with Gasteiger partial charge >= 0.3 is 0 Å². The molecule has 0 amide bonds. The molecule has 0 saturated heterocycles. The second kappa shape index (κ2) is 8.62. The van der Waals surface area contributed by atoms with Crippen molar-refractivity contribution in [3.05, 3.63) is 94.6 Å². The molecule has 2 aromatic rings. The quantitative estimate of drug-likeness (QED) is 0.536. The average Bonchev–Trinajstić information content (AvgIpc) is 3.13. The third-order valence-electron chi connectivity index (χ3n) is 5.12. The normalized spacial score (nSPS) is 14.2. The van der Waals surface area contributed by atoms with E-state index < -0.39 is 0 Å². The summed E-state index contributed by atoms with van der Waals surface area (Å²) in [5.41, 5.74) is 9.12. The lowest BCUT2D eigenvalue weighted by molar-refractivity contribution is 0.889. The lowest BCUT2D eigenvalue weighted by Crippen LogP contribution is -1.96. The summed E-state index contributed by atoms with van der Waals surface area (Å²) in [6.07, 6.45) is 12.5. The number of hydrogen-bond acceptors (Lipinski definition) is 1. The van der Waals surface area contributed by atoms with Crippen molar-refractivity contribution in [1.29, 1.82) is 5.41 Å². The molecule has 0 aromatic heterocycles. The van der Waals surface area contributed by atoms with Crippen molar-refractivity contribution in [2.75, 3.05) is 0 Å². The fourth-order valence-electron chi connectivity index (χ4n) is 3.67. The van der Waals surface area contributed by atoms with Gasteiger partial charge in [-0.05, 0) is 59.6 Å². The third kappa shape index (κ3) is 3.94. The van der Waals surface area contributed by atoms with Crippen molar-refractivity contribution in [3.63, 3.8) is 0 Å². The Morgan fingerprint density at radius 1 is 1.08 bits per heavy atom. The van der Waals surface area contributed by atoms with Gasteiger partial charge < -0.3 is 5.41 Å². The number of rotatable bonds is 7. The number of hydrogen-bond donors (Lipinski definition) is 1. The van der Waals surface area contributed by atoms with Crippen LogP contribution in [0.3, 0.4) is 0 Å². The summed E-state index contributed by atoms with van der Waals surface area (Å²) in [5.74, 6) is 0. The average molecular weight is 341 g/mol. The first-order valence-electron chi connectivity index (χ1n) is 9.48. The van der Waals surface area contributed by atoms with Crippen LogP contribution in [-0.4, -0.2) is 6.21 Å². The Bertz CT molecular complexity index is 866. The highest BCUT2D eigenvalue weighted by molar-refractivity contribution is 6.08. The van der Waals surface area contributed by atoms with E-state index in [2.05, 4.69) is 62.4 Å². The van der Waals surface area contributed by atoms with E-state index in [1.807, 2.05) is 18.2 Å². The molecule has 1 aliphatic carbocycles. The smallest absolute Gasteiger partial charge is 0.0253 e. The Kier molecular flexibility index (Phi) is 6.01. The van der Waals surface area contributed by atoms with Crippen LogP contribution in [0.5, 0.6) is 0 Å². The van der Waals surface area contributed by atoms with Gasteiger partial charge in [-0.1, -0.05) is 85.7 Å². The minimum absolute atomic E-state index is 0.847. The lowest BCUT2D eigenvalue weighted by atomic mass is 9.91. The highest BCUT2D eigenvalue weighted by Crippen LogP contribution is 2.33. The summed E-state index contributed by atoms with van der Waals surface area (Å²) >= 11 is 0. The van der Waals surface area contributed by atoms with Crippen LogP contribution in [0.25, 0.3) is 11.1 Å². The van der Waals surface area contributed by atoms with Crippen molar-refractivity contribution in [3.8, 4) is 0 Å². The topological polar surface area (TPSA) is 23.9 Å². The molecule has 0 bridgehead atoms. The van der Waals surface area contributed by atoms with Crippen molar-refractivity contribution in [1.82, 2.24) is 0 Å². The van der Waals surface area contributed by atoms with Gasteiger partial charge in [-0.15, -0.1) is 0 Å². The maximum Gasteiger partial charge on any atom is 0.0253 e. The van der Waals surface area contributed by atoms with Crippen molar-refractivity contribution < 1.29 is 0 Å². The predicted octanol–water partition coefficient (Wildman–Crippen LogP) is 6.78. The molecule has 0 fully saturated rings. The lowest BCUT2D eigenvalue weighted by Gasteiger charge is -2.13. The van der Waals surface area contributed by atoms with E-state index in [-0.39, 0.29) is 0 Å². The second-order valence-corrected chi connectivity index (χ2v) is 6.84. The van der Waals surface area contributed by atoms with Crippen LogP contribution >= 0.6 is 0 Å². The van der Waals surface area contributed by atoms with E-state index in [0.717, 1.165) is 24.0 Å². The summed E-state index contributed by atoms with van der Waals surface area (Å²) in [4.78, 5) is 0. The van der Waals surface area contributed by atoms with Crippen molar-refractivity contribution in [2.45, 2.75) is 39.5 Å². The van der Waals surface area contributed by atoms with Crippen LogP contribution in [0.2, 0.25) is 0 Å². The van der Waals surface area contributed by atoms with E-state index in [0.29, 0.717) is 0 Å². The highest BCUT2D eigenvalue weighted by atomic mass is 14.3. The number of nitrogens with one attached hydrogen (secondary N) is 1. The molecule has 0 radical (unpaired) electrons. The molecule has 1 aliphatic rings. The summed E-state index contributed by atoms with van der Waals surface area (Å²) in [5, 5.41) is 7.76. The Morgan fingerprint density at radius 2 is 1.88 bits per heavy atom. The Morgan fingerprint density at radius 3 is 2.62 bits per heavy atom. The van der Waals surface area contributed by atoms with E-state index in [4.69, 9.17) is 5.41 Å². The van der Waals surface area contributed by atoms with E-state index in [1.165, 1.54) is 41.3 Å². The SMILES string of the molecule is CCCC1=C(c2cccc(C/C=C(\C=N)c3ccccc3)c2C)C=CC1. The highest BCUT2D eigenvalue weighted by Gasteiger charge is 2.13. The summed E-state index contributed by atoms with van der Waals surface area (Å²) in [6, 6.07) is 16.8. The molecule has 1 nitrogen and oxygen atoms in total. The Labute approximate surface area is 157 Å². The number of benzene rings is 2. The molecule has 3 rings (SSSR count).